The van der Waals surface area contributed by atoms with Gasteiger partial charge in [0.05, 0.1) is 20.6 Å². The quantitative estimate of drug-likeness (QED) is 0.350. The van der Waals surface area contributed by atoms with E-state index in [0.29, 0.717) is 15.6 Å². The molecule has 3 N–H and O–H groups in total. The zero-order valence-corrected chi connectivity index (χ0v) is 19.4. The molecule has 0 aliphatic rings. The van der Waals surface area contributed by atoms with Crippen LogP contribution in [0, 0.1) is 0 Å². The number of imidazole rings is 1. The molecule has 33 heavy (non-hydrogen) atoms. The fraction of sp³-hybridized carbons (Fsp3) is 0.211. The molecule has 0 saturated heterocycles. The van der Waals surface area contributed by atoms with Crippen molar-refractivity contribution in [2.75, 3.05) is 13.2 Å². The van der Waals surface area contributed by atoms with E-state index in [0.717, 1.165) is 23.6 Å². The third kappa shape index (κ3) is 5.03. The monoisotopic (exact) mass is 537 g/mol. The van der Waals surface area contributed by atoms with Gasteiger partial charge in [0.15, 0.2) is 10.7 Å². The Kier molecular flexibility index (Phi) is 6.72. The number of aliphatic hydroxyl groups excluding tert-OH is 1. The van der Waals surface area contributed by atoms with Crippen LogP contribution in [0.3, 0.4) is 0 Å². The molecule has 0 amide bonds. The van der Waals surface area contributed by atoms with E-state index in [2.05, 4.69) is 15.2 Å². The van der Waals surface area contributed by atoms with Crippen LogP contribution in [0.2, 0.25) is 15.1 Å². The predicted molar refractivity (Wildman–Crippen MR) is 120 cm³/mol. The van der Waals surface area contributed by atoms with E-state index in [1.807, 2.05) is 0 Å². The first-order valence-electron chi connectivity index (χ1n) is 9.16. The maximum Gasteiger partial charge on any atom is 0.417 e. The highest BCUT2D eigenvalue weighted by Gasteiger charge is 2.32. The number of aliphatic hydroxyl groups is 1. The van der Waals surface area contributed by atoms with Crippen LogP contribution in [0.5, 0.6) is 5.75 Å². The van der Waals surface area contributed by atoms with Gasteiger partial charge in [0.1, 0.15) is 29.2 Å². The van der Waals surface area contributed by atoms with Gasteiger partial charge in [-0.25, -0.2) is 4.98 Å². The molecule has 4 rings (SSSR count). The third-order valence-corrected chi connectivity index (χ3v) is 6.30. The van der Waals surface area contributed by atoms with Gasteiger partial charge in [0.2, 0.25) is 0 Å². The van der Waals surface area contributed by atoms with E-state index in [9.17, 15) is 18.3 Å². The molecule has 0 aliphatic carbocycles. The highest BCUT2D eigenvalue weighted by atomic mass is 35.5. The molecule has 3 aromatic heterocycles. The maximum absolute atomic E-state index is 13.1. The Morgan fingerprint density at radius 1 is 1.06 bits per heavy atom. The predicted octanol–water partition coefficient (Wildman–Crippen LogP) is 5.20. The standard InChI is InChI=1S/C19H13Cl3F3N5O2S/c20-11-3-15(32-7-9(31)4-26)12(21)2-10(11)17-28-29-18(33-17)14-6-30-5-8(19(23,24)25)1-13(22)16(30)27-14/h1-3,5-6,9,31H,4,7,26H2. The van der Waals surface area contributed by atoms with Gasteiger partial charge in [-0.2, -0.15) is 13.2 Å². The number of halogens is 6. The lowest BCUT2D eigenvalue weighted by Gasteiger charge is -2.12. The summed E-state index contributed by atoms with van der Waals surface area (Å²) >= 11 is 19.7. The zero-order valence-electron chi connectivity index (χ0n) is 16.3. The lowest BCUT2D eigenvalue weighted by Crippen LogP contribution is -2.26. The summed E-state index contributed by atoms with van der Waals surface area (Å²) in [7, 11) is 0. The molecule has 7 nitrogen and oxygen atoms in total. The van der Waals surface area contributed by atoms with Crippen molar-refractivity contribution in [1.82, 2.24) is 19.6 Å². The maximum atomic E-state index is 13.1. The van der Waals surface area contributed by atoms with Gasteiger partial charge in [-0.1, -0.05) is 46.1 Å². The molecule has 0 bridgehead atoms. The van der Waals surface area contributed by atoms with Crippen LogP contribution in [0.15, 0.2) is 30.6 Å². The van der Waals surface area contributed by atoms with Gasteiger partial charge in [0.25, 0.3) is 0 Å². The summed E-state index contributed by atoms with van der Waals surface area (Å²) in [4.78, 5) is 4.27. The highest BCUT2D eigenvalue weighted by Crippen LogP contribution is 2.40. The lowest BCUT2D eigenvalue weighted by atomic mass is 10.2. The highest BCUT2D eigenvalue weighted by molar-refractivity contribution is 7.18. The molecule has 14 heteroatoms. The minimum absolute atomic E-state index is 0.0305. The Labute approximate surface area is 203 Å². The largest absolute Gasteiger partial charge is 0.489 e. The van der Waals surface area contributed by atoms with Gasteiger partial charge < -0.3 is 20.0 Å². The Morgan fingerprint density at radius 3 is 2.48 bits per heavy atom. The van der Waals surface area contributed by atoms with Crippen molar-refractivity contribution in [1.29, 1.82) is 0 Å². The average molecular weight is 539 g/mol. The molecule has 3 heterocycles. The Bertz CT molecular complexity index is 1330. The number of hydrogen-bond donors (Lipinski definition) is 2. The molecule has 1 unspecified atom stereocenters. The summed E-state index contributed by atoms with van der Waals surface area (Å²) in [6.07, 6.45) is -3.12. The van der Waals surface area contributed by atoms with Crippen LogP contribution in [-0.2, 0) is 6.18 Å². The van der Waals surface area contributed by atoms with E-state index >= 15 is 0 Å². The number of ether oxygens (including phenoxy) is 1. The van der Waals surface area contributed by atoms with Crippen molar-refractivity contribution in [3.8, 4) is 27.0 Å². The fourth-order valence-corrected chi connectivity index (χ4v) is 4.41. The van der Waals surface area contributed by atoms with Gasteiger partial charge in [0, 0.05) is 30.6 Å². The molecular formula is C19H13Cl3F3N5O2S. The molecule has 174 valence electrons. The third-order valence-electron chi connectivity index (χ3n) is 4.43. The molecule has 0 saturated carbocycles. The van der Waals surface area contributed by atoms with Crippen LogP contribution in [0.25, 0.3) is 26.9 Å². The van der Waals surface area contributed by atoms with Crippen molar-refractivity contribution in [3.63, 3.8) is 0 Å². The Balaban J connectivity index is 1.65. The summed E-state index contributed by atoms with van der Waals surface area (Å²) < 4.78 is 45.8. The van der Waals surface area contributed by atoms with Crippen molar-refractivity contribution in [2.45, 2.75) is 12.3 Å². The smallest absolute Gasteiger partial charge is 0.417 e. The zero-order chi connectivity index (χ0) is 23.9. The molecule has 0 radical (unpaired) electrons. The summed E-state index contributed by atoms with van der Waals surface area (Å²) in [5, 5.41) is 18.8. The van der Waals surface area contributed by atoms with E-state index < -0.39 is 17.8 Å². The molecule has 0 aliphatic heterocycles. The summed E-state index contributed by atoms with van der Waals surface area (Å²) in [5.74, 6) is 0.262. The van der Waals surface area contributed by atoms with Crippen LogP contribution < -0.4 is 10.5 Å². The number of hydrogen-bond acceptors (Lipinski definition) is 7. The van der Waals surface area contributed by atoms with Crippen LogP contribution in [0.1, 0.15) is 5.56 Å². The molecule has 4 aromatic rings. The number of nitrogens with two attached hydrogens (primary N) is 1. The average Bonchev–Trinajstić information content (AvgIpc) is 3.40. The van der Waals surface area contributed by atoms with Crippen molar-refractivity contribution in [3.05, 3.63) is 51.2 Å². The van der Waals surface area contributed by atoms with Crippen molar-refractivity contribution < 1.29 is 23.0 Å². The summed E-state index contributed by atoms with van der Waals surface area (Å²) in [6, 6.07) is 3.83. The number of alkyl halides is 3. The van der Waals surface area contributed by atoms with Crippen LogP contribution in [-0.4, -0.2) is 43.9 Å². The first-order chi connectivity index (χ1) is 15.6. The van der Waals surface area contributed by atoms with E-state index in [1.165, 1.54) is 22.7 Å². The minimum atomic E-state index is -4.55. The van der Waals surface area contributed by atoms with E-state index in [4.69, 9.17) is 45.3 Å². The SMILES string of the molecule is NCC(O)COc1cc(Cl)c(-c2nnc(-c3cn4cc(C(F)(F)F)cc(Cl)c4n3)s2)cc1Cl. The molecule has 1 aromatic carbocycles. The van der Waals surface area contributed by atoms with Crippen LogP contribution >= 0.6 is 46.1 Å². The van der Waals surface area contributed by atoms with Gasteiger partial charge in [-0.15, -0.1) is 10.2 Å². The second kappa shape index (κ2) is 9.24. The van der Waals surface area contributed by atoms with Gasteiger partial charge in [-0.3, -0.25) is 0 Å². The molecular weight excluding hydrogens is 526 g/mol. The Hall–Kier alpha value is -2.15. The molecule has 1 atom stereocenters. The molecule has 0 fully saturated rings. The number of pyridine rings is 1. The Morgan fingerprint density at radius 2 is 1.79 bits per heavy atom. The first kappa shape index (κ1) is 24.0. The number of benzene rings is 1. The van der Waals surface area contributed by atoms with E-state index in [1.54, 1.807) is 0 Å². The van der Waals surface area contributed by atoms with Crippen molar-refractivity contribution in [2.24, 2.45) is 5.73 Å². The van der Waals surface area contributed by atoms with Gasteiger partial charge in [-0.05, 0) is 12.1 Å². The molecule has 0 spiro atoms. The number of rotatable bonds is 6. The number of aromatic nitrogens is 4. The number of fused-ring (bicyclic) bond motifs is 1. The summed E-state index contributed by atoms with van der Waals surface area (Å²) in [6.45, 7) is -0.0237. The van der Waals surface area contributed by atoms with Crippen LogP contribution in [0.4, 0.5) is 13.2 Å². The van der Waals surface area contributed by atoms with Gasteiger partial charge >= 0.3 is 6.18 Å². The number of nitrogens with zero attached hydrogens (tertiary/aromatic N) is 4. The summed E-state index contributed by atoms with van der Waals surface area (Å²) in [5.41, 5.74) is 5.36. The lowest BCUT2D eigenvalue weighted by molar-refractivity contribution is -0.137. The topological polar surface area (TPSA) is 98.6 Å². The normalized spacial score (nSPS) is 13.0. The second-order valence-electron chi connectivity index (χ2n) is 6.81. The second-order valence-corrected chi connectivity index (χ2v) is 9.01. The van der Waals surface area contributed by atoms with E-state index in [-0.39, 0.29) is 45.3 Å². The van der Waals surface area contributed by atoms with Crippen molar-refractivity contribution >= 4 is 51.8 Å². The minimum Gasteiger partial charge on any atom is -0.489 e. The first-order valence-corrected chi connectivity index (χ1v) is 11.1. The fourth-order valence-electron chi connectivity index (χ4n) is 2.81.